The van der Waals surface area contributed by atoms with Crippen LogP contribution in [0.5, 0.6) is 0 Å². The highest BCUT2D eigenvalue weighted by atomic mass is 19.1. The molecule has 0 amide bonds. The first-order chi connectivity index (χ1) is 11.6. The van der Waals surface area contributed by atoms with Crippen LogP contribution in [0.1, 0.15) is 11.3 Å². The third kappa shape index (κ3) is 2.75. The number of nitrogens with zero attached hydrogens (tertiary/aromatic N) is 5. The minimum absolute atomic E-state index is 0.334. The van der Waals surface area contributed by atoms with E-state index in [0.717, 1.165) is 11.4 Å². The fraction of sp³-hybridized carbons (Fsp3) is 0.125. The third-order valence-corrected chi connectivity index (χ3v) is 3.46. The highest BCUT2D eigenvalue weighted by molar-refractivity contribution is 5.74. The van der Waals surface area contributed by atoms with Gasteiger partial charge in [0.15, 0.2) is 0 Å². The predicted molar refractivity (Wildman–Crippen MR) is 87.8 cm³/mol. The number of nitrogens with one attached hydrogen (secondary N) is 2. The number of nitriles is 1. The van der Waals surface area contributed by atoms with Gasteiger partial charge in [-0.2, -0.15) is 15.3 Å². The zero-order chi connectivity index (χ0) is 17.1. The SMILES string of the molecule is CNc1nc(N(c2ccc(F)cc2)c2cn[nH]c2C)ncc1C#N. The van der Waals surface area contributed by atoms with Crippen molar-refractivity contribution in [1.82, 2.24) is 20.2 Å². The normalized spacial score (nSPS) is 10.2. The van der Waals surface area contributed by atoms with E-state index in [2.05, 4.69) is 25.5 Å². The third-order valence-electron chi connectivity index (χ3n) is 3.46. The Morgan fingerprint density at radius 2 is 2.00 bits per heavy atom. The van der Waals surface area contributed by atoms with Gasteiger partial charge < -0.3 is 5.32 Å². The number of H-pyrrole nitrogens is 1. The molecular formula is C16H14FN7. The first kappa shape index (κ1) is 15.4. The van der Waals surface area contributed by atoms with Crippen molar-refractivity contribution >= 4 is 23.1 Å². The maximum absolute atomic E-state index is 13.3. The average Bonchev–Trinajstić information content (AvgIpc) is 3.02. The van der Waals surface area contributed by atoms with E-state index in [4.69, 9.17) is 5.26 Å². The zero-order valence-electron chi connectivity index (χ0n) is 13.1. The number of anilines is 4. The number of aromatic amines is 1. The molecule has 2 heterocycles. The standard InChI is InChI=1S/C16H14FN7/c1-10-14(9-21-23-10)24(13-5-3-12(17)4-6-13)16-20-8-11(7-18)15(19-2)22-16/h3-6,8-9H,1-2H3,(H,21,23)(H,19,20,22). The quantitative estimate of drug-likeness (QED) is 0.766. The van der Waals surface area contributed by atoms with Crippen LogP contribution in [0.15, 0.2) is 36.7 Å². The van der Waals surface area contributed by atoms with Crippen molar-refractivity contribution in [1.29, 1.82) is 5.26 Å². The number of halogens is 1. The van der Waals surface area contributed by atoms with E-state index in [0.29, 0.717) is 23.0 Å². The van der Waals surface area contributed by atoms with Gasteiger partial charge in [-0.05, 0) is 31.2 Å². The fourth-order valence-corrected chi connectivity index (χ4v) is 2.27. The molecule has 0 atom stereocenters. The van der Waals surface area contributed by atoms with Gasteiger partial charge in [0.1, 0.15) is 23.3 Å². The second kappa shape index (κ2) is 6.34. The highest BCUT2D eigenvalue weighted by Crippen LogP contribution is 2.34. The lowest BCUT2D eigenvalue weighted by molar-refractivity contribution is 0.628. The second-order valence-corrected chi connectivity index (χ2v) is 4.99. The average molecular weight is 323 g/mol. The number of hydrogen-bond acceptors (Lipinski definition) is 6. The van der Waals surface area contributed by atoms with E-state index in [1.807, 2.05) is 13.0 Å². The Kier molecular flexibility index (Phi) is 4.07. The smallest absolute Gasteiger partial charge is 0.236 e. The van der Waals surface area contributed by atoms with Crippen molar-refractivity contribution in [2.45, 2.75) is 6.92 Å². The largest absolute Gasteiger partial charge is 0.372 e. The van der Waals surface area contributed by atoms with E-state index < -0.39 is 0 Å². The summed E-state index contributed by atoms with van der Waals surface area (Å²) >= 11 is 0. The van der Waals surface area contributed by atoms with E-state index in [9.17, 15) is 4.39 Å². The Morgan fingerprint density at radius 1 is 1.25 bits per heavy atom. The first-order valence-electron chi connectivity index (χ1n) is 7.14. The van der Waals surface area contributed by atoms with E-state index in [1.54, 1.807) is 30.3 Å². The van der Waals surface area contributed by atoms with E-state index >= 15 is 0 Å². The summed E-state index contributed by atoms with van der Waals surface area (Å²) in [6, 6.07) is 8.01. The van der Waals surface area contributed by atoms with Crippen LogP contribution in [0.25, 0.3) is 0 Å². The monoisotopic (exact) mass is 323 g/mol. The van der Waals surface area contributed by atoms with Gasteiger partial charge in [-0.15, -0.1) is 0 Å². The van der Waals surface area contributed by atoms with Crippen molar-refractivity contribution in [3.05, 3.63) is 53.7 Å². The van der Waals surface area contributed by atoms with Gasteiger partial charge in [0.05, 0.1) is 23.8 Å². The van der Waals surface area contributed by atoms with Crippen LogP contribution in [-0.2, 0) is 0 Å². The van der Waals surface area contributed by atoms with Crippen LogP contribution in [-0.4, -0.2) is 27.2 Å². The first-order valence-corrected chi connectivity index (χ1v) is 7.14. The van der Waals surface area contributed by atoms with Gasteiger partial charge in [-0.1, -0.05) is 0 Å². The molecule has 1 aromatic carbocycles. The van der Waals surface area contributed by atoms with Crippen molar-refractivity contribution in [3.8, 4) is 6.07 Å². The molecule has 2 aromatic heterocycles. The second-order valence-electron chi connectivity index (χ2n) is 4.99. The maximum atomic E-state index is 13.3. The maximum Gasteiger partial charge on any atom is 0.236 e. The molecule has 0 aliphatic heterocycles. The molecule has 0 radical (unpaired) electrons. The summed E-state index contributed by atoms with van der Waals surface area (Å²) in [6.45, 7) is 1.86. The summed E-state index contributed by atoms with van der Waals surface area (Å²) in [5.41, 5.74) is 2.54. The molecular weight excluding hydrogens is 309 g/mol. The van der Waals surface area contributed by atoms with Gasteiger partial charge in [0.2, 0.25) is 5.95 Å². The molecule has 0 fully saturated rings. The molecule has 24 heavy (non-hydrogen) atoms. The molecule has 3 rings (SSSR count). The van der Waals surface area contributed by atoms with Gasteiger partial charge in [-0.25, -0.2) is 9.37 Å². The van der Waals surface area contributed by atoms with Gasteiger partial charge >= 0.3 is 0 Å². The summed E-state index contributed by atoms with van der Waals surface area (Å²) < 4.78 is 13.3. The van der Waals surface area contributed by atoms with E-state index in [-0.39, 0.29) is 5.82 Å². The lowest BCUT2D eigenvalue weighted by atomic mass is 10.2. The molecule has 0 aliphatic carbocycles. The Bertz CT molecular complexity index is 896. The Balaban J connectivity index is 2.17. The van der Waals surface area contributed by atoms with Crippen molar-refractivity contribution in [3.63, 3.8) is 0 Å². The van der Waals surface area contributed by atoms with Crippen LogP contribution in [0.4, 0.5) is 27.5 Å². The topological polar surface area (TPSA) is 93.5 Å². The minimum atomic E-state index is -0.334. The number of aryl methyl sites for hydroxylation is 1. The molecule has 120 valence electrons. The fourth-order valence-electron chi connectivity index (χ4n) is 2.27. The molecule has 0 saturated heterocycles. The molecule has 0 aliphatic rings. The van der Waals surface area contributed by atoms with Gasteiger partial charge in [0, 0.05) is 12.7 Å². The van der Waals surface area contributed by atoms with Gasteiger partial charge in [0.25, 0.3) is 0 Å². The predicted octanol–water partition coefficient (Wildman–Crippen LogP) is 3.03. The van der Waals surface area contributed by atoms with E-state index in [1.165, 1.54) is 18.3 Å². The number of aromatic nitrogens is 4. The molecule has 7 nitrogen and oxygen atoms in total. The number of benzene rings is 1. The van der Waals surface area contributed by atoms with Crippen molar-refractivity contribution in [2.24, 2.45) is 0 Å². The zero-order valence-corrected chi connectivity index (χ0v) is 13.1. The lowest BCUT2D eigenvalue weighted by Crippen LogP contribution is -2.15. The molecule has 3 aromatic rings. The summed E-state index contributed by atoms with van der Waals surface area (Å²) in [7, 11) is 1.68. The van der Waals surface area contributed by atoms with Crippen LogP contribution in [0, 0.1) is 24.1 Å². The molecule has 0 saturated carbocycles. The molecule has 2 N–H and O–H groups in total. The van der Waals surface area contributed by atoms with Gasteiger partial charge in [-0.3, -0.25) is 10.00 Å². The van der Waals surface area contributed by atoms with Crippen LogP contribution < -0.4 is 10.2 Å². The summed E-state index contributed by atoms with van der Waals surface area (Å²) in [5, 5.41) is 18.9. The van der Waals surface area contributed by atoms with Crippen molar-refractivity contribution in [2.75, 3.05) is 17.3 Å². The Hall–Kier alpha value is -3.47. The lowest BCUT2D eigenvalue weighted by Gasteiger charge is -2.22. The molecule has 8 heteroatoms. The Morgan fingerprint density at radius 3 is 2.58 bits per heavy atom. The Labute approximate surface area is 137 Å². The summed E-state index contributed by atoms with van der Waals surface area (Å²) in [6.07, 6.45) is 3.08. The summed E-state index contributed by atoms with van der Waals surface area (Å²) in [5.74, 6) is 0.421. The van der Waals surface area contributed by atoms with Crippen LogP contribution in [0.3, 0.4) is 0 Å². The molecule has 0 bridgehead atoms. The summed E-state index contributed by atoms with van der Waals surface area (Å²) in [4.78, 5) is 10.4. The number of hydrogen-bond donors (Lipinski definition) is 2. The highest BCUT2D eigenvalue weighted by Gasteiger charge is 2.20. The molecule has 0 unspecified atom stereocenters. The van der Waals surface area contributed by atoms with Crippen molar-refractivity contribution < 1.29 is 4.39 Å². The minimum Gasteiger partial charge on any atom is -0.372 e. The van der Waals surface area contributed by atoms with Crippen LogP contribution in [0.2, 0.25) is 0 Å². The molecule has 0 spiro atoms. The number of rotatable bonds is 4. The van der Waals surface area contributed by atoms with Crippen LogP contribution >= 0.6 is 0 Å².